The number of nitrogens with zero attached hydrogens (tertiary/aromatic N) is 2. The quantitative estimate of drug-likeness (QED) is 0.416. The molecule has 0 amide bonds. The summed E-state index contributed by atoms with van der Waals surface area (Å²) in [7, 11) is 0. The number of aromatic nitrogens is 1. The molecule has 2 aromatic carbocycles. The Morgan fingerprint density at radius 3 is 2.87 bits per heavy atom. The molecule has 1 aliphatic rings. The zero-order valence-electron chi connectivity index (χ0n) is 16.7. The van der Waals surface area contributed by atoms with Gasteiger partial charge in [0, 0.05) is 5.39 Å². The van der Waals surface area contributed by atoms with Crippen LogP contribution in [0.2, 0.25) is 0 Å². The molecule has 0 N–H and O–H groups in total. The number of pyridine rings is 1. The van der Waals surface area contributed by atoms with Crippen LogP contribution >= 0.6 is 0 Å². The molecule has 31 heavy (non-hydrogen) atoms. The number of ether oxygens (including phenoxy) is 1. The van der Waals surface area contributed by atoms with Crippen molar-refractivity contribution in [2.75, 3.05) is 0 Å². The van der Waals surface area contributed by atoms with Crippen LogP contribution in [0, 0.1) is 11.3 Å². The molecule has 0 saturated heterocycles. The highest BCUT2D eigenvalue weighted by molar-refractivity contribution is 6.07. The average Bonchev–Trinajstić information content (AvgIpc) is 3.46. The van der Waals surface area contributed by atoms with E-state index in [1.807, 2.05) is 48.5 Å². The van der Waals surface area contributed by atoms with Crippen molar-refractivity contribution in [3.8, 4) is 6.07 Å². The Balaban J connectivity index is 1.53. The van der Waals surface area contributed by atoms with Crippen molar-refractivity contribution < 1.29 is 13.9 Å². The van der Waals surface area contributed by atoms with Gasteiger partial charge >= 0.3 is 5.97 Å². The predicted octanol–water partition coefficient (Wildman–Crippen LogP) is 5.54. The van der Waals surface area contributed by atoms with Crippen LogP contribution in [0.25, 0.3) is 22.6 Å². The van der Waals surface area contributed by atoms with Crippen molar-refractivity contribution in [1.82, 2.24) is 4.98 Å². The first kappa shape index (κ1) is 18.8. The molecule has 150 valence electrons. The largest absolute Gasteiger partial charge is 0.465 e. The van der Waals surface area contributed by atoms with E-state index in [0.29, 0.717) is 17.5 Å². The lowest BCUT2D eigenvalue weighted by Crippen LogP contribution is -2.10. The Kier molecular flexibility index (Phi) is 4.81. The molecule has 0 spiro atoms. The van der Waals surface area contributed by atoms with Crippen LogP contribution in [0.5, 0.6) is 0 Å². The third-order valence-corrected chi connectivity index (χ3v) is 5.43. The number of allylic oxidation sites excluding steroid dienone is 1. The van der Waals surface area contributed by atoms with Crippen LogP contribution in [0.1, 0.15) is 44.9 Å². The zero-order valence-corrected chi connectivity index (χ0v) is 16.7. The van der Waals surface area contributed by atoms with Crippen LogP contribution in [-0.4, -0.2) is 11.0 Å². The van der Waals surface area contributed by atoms with E-state index in [1.165, 1.54) is 0 Å². The fourth-order valence-electron chi connectivity index (χ4n) is 4.01. The van der Waals surface area contributed by atoms with Crippen LogP contribution in [-0.2, 0) is 17.8 Å². The molecule has 0 aliphatic heterocycles. The first-order chi connectivity index (χ1) is 15.2. The van der Waals surface area contributed by atoms with Gasteiger partial charge in [0.2, 0.25) is 0 Å². The van der Waals surface area contributed by atoms with Crippen LogP contribution in [0.4, 0.5) is 0 Å². The number of carbonyl (C=O) groups excluding carboxylic acids is 1. The van der Waals surface area contributed by atoms with E-state index in [1.54, 1.807) is 24.5 Å². The first-order valence-corrected chi connectivity index (χ1v) is 10.0. The third-order valence-electron chi connectivity index (χ3n) is 5.43. The van der Waals surface area contributed by atoms with Gasteiger partial charge in [0.1, 0.15) is 12.4 Å². The monoisotopic (exact) mass is 406 g/mol. The molecule has 2 aromatic heterocycles. The zero-order chi connectivity index (χ0) is 21.2. The van der Waals surface area contributed by atoms with Gasteiger partial charge in [0.25, 0.3) is 0 Å². The highest BCUT2D eigenvalue weighted by Crippen LogP contribution is 2.37. The van der Waals surface area contributed by atoms with Gasteiger partial charge in [0.05, 0.1) is 34.7 Å². The highest BCUT2D eigenvalue weighted by Gasteiger charge is 2.27. The number of hydrogen-bond acceptors (Lipinski definition) is 5. The van der Waals surface area contributed by atoms with Gasteiger partial charge in [-0.2, -0.15) is 5.26 Å². The smallest absolute Gasteiger partial charge is 0.339 e. The van der Waals surface area contributed by atoms with Gasteiger partial charge < -0.3 is 9.15 Å². The fraction of sp³-hybridized carbons (Fsp3) is 0.115. The Morgan fingerprint density at radius 1 is 1.13 bits per heavy atom. The Labute approximate surface area is 179 Å². The molecule has 5 rings (SSSR count). The van der Waals surface area contributed by atoms with Crippen molar-refractivity contribution >= 4 is 28.5 Å². The number of benzene rings is 2. The predicted molar refractivity (Wildman–Crippen MR) is 117 cm³/mol. The minimum Gasteiger partial charge on any atom is -0.465 e. The Morgan fingerprint density at radius 2 is 2.03 bits per heavy atom. The molecule has 5 nitrogen and oxygen atoms in total. The van der Waals surface area contributed by atoms with Crippen molar-refractivity contribution in [3.05, 3.63) is 101 Å². The van der Waals surface area contributed by atoms with E-state index >= 15 is 0 Å². The standard InChI is InChI=1S/C26H18N2O3/c27-15-17-5-3-6-18(13-17)16-31-26(29)24-21-8-1-2-9-23(21)28-25-19(10-11-22(24)25)14-20-7-4-12-30-20/h1-9,12-14H,10-11,16H2/b19-14+. The normalized spacial score (nSPS) is 13.8. The number of furan rings is 1. The van der Waals surface area contributed by atoms with Crippen LogP contribution < -0.4 is 0 Å². The molecule has 1 aliphatic carbocycles. The van der Waals surface area contributed by atoms with E-state index in [2.05, 4.69) is 6.07 Å². The summed E-state index contributed by atoms with van der Waals surface area (Å²) >= 11 is 0. The number of esters is 1. The minimum absolute atomic E-state index is 0.106. The summed E-state index contributed by atoms with van der Waals surface area (Å²) < 4.78 is 11.1. The second kappa shape index (κ2) is 7.92. The molecule has 4 aromatic rings. The molecule has 0 radical (unpaired) electrons. The van der Waals surface area contributed by atoms with Gasteiger partial charge in [-0.25, -0.2) is 9.78 Å². The number of para-hydroxylation sites is 1. The number of nitriles is 1. The lowest BCUT2D eigenvalue weighted by Gasteiger charge is -2.12. The van der Waals surface area contributed by atoms with E-state index in [-0.39, 0.29) is 12.6 Å². The lowest BCUT2D eigenvalue weighted by molar-refractivity contribution is 0.0474. The number of rotatable bonds is 4. The van der Waals surface area contributed by atoms with Gasteiger partial charge in [-0.1, -0.05) is 30.3 Å². The van der Waals surface area contributed by atoms with Crippen molar-refractivity contribution in [2.45, 2.75) is 19.4 Å². The summed E-state index contributed by atoms with van der Waals surface area (Å²) in [6.45, 7) is 0.106. The SMILES string of the molecule is N#Cc1cccc(COC(=O)c2c3c(nc4ccccc24)/C(=C/c2ccco2)CC3)c1. The summed E-state index contributed by atoms with van der Waals surface area (Å²) in [6, 6.07) is 20.6. The Bertz CT molecular complexity index is 1360. The summed E-state index contributed by atoms with van der Waals surface area (Å²) in [5, 5.41) is 9.87. The second-order valence-electron chi connectivity index (χ2n) is 7.40. The minimum atomic E-state index is -0.378. The maximum absolute atomic E-state index is 13.2. The number of hydrogen-bond donors (Lipinski definition) is 0. The maximum Gasteiger partial charge on any atom is 0.339 e. The fourth-order valence-corrected chi connectivity index (χ4v) is 4.01. The summed E-state index contributed by atoms with van der Waals surface area (Å²) in [4.78, 5) is 18.1. The molecule has 0 bridgehead atoms. The summed E-state index contributed by atoms with van der Waals surface area (Å²) in [6.07, 6.45) is 5.12. The molecule has 0 atom stereocenters. The molecule has 0 unspecified atom stereocenters. The van der Waals surface area contributed by atoms with Crippen LogP contribution in [0.15, 0.2) is 71.3 Å². The molecular weight excluding hydrogens is 388 g/mol. The van der Waals surface area contributed by atoms with E-state index in [4.69, 9.17) is 19.4 Å². The van der Waals surface area contributed by atoms with Gasteiger partial charge in [-0.3, -0.25) is 0 Å². The van der Waals surface area contributed by atoms with Gasteiger partial charge in [0.15, 0.2) is 0 Å². The van der Waals surface area contributed by atoms with Gasteiger partial charge in [-0.15, -0.1) is 0 Å². The second-order valence-corrected chi connectivity index (χ2v) is 7.40. The van der Waals surface area contributed by atoms with E-state index < -0.39 is 0 Å². The van der Waals surface area contributed by atoms with Crippen molar-refractivity contribution in [2.24, 2.45) is 0 Å². The molecular formula is C26H18N2O3. The molecule has 0 saturated carbocycles. The summed E-state index contributed by atoms with van der Waals surface area (Å²) in [5.41, 5.74) is 5.43. The average molecular weight is 406 g/mol. The first-order valence-electron chi connectivity index (χ1n) is 10.0. The van der Waals surface area contributed by atoms with Crippen LogP contribution in [0.3, 0.4) is 0 Å². The van der Waals surface area contributed by atoms with E-state index in [9.17, 15) is 4.79 Å². The lowest BCUT2D eigenvalue weighted by atomic mass is 10.0. The molecule has 0 fully saturated rings. The number of fused-ring (bicyclic) bond motifs is 2. The van der Waals surface area contributed by atoms with Crippen molar-refractivity contribution in [3.63, 3.8) is 0 Å². The highest BCUT2D eigenvalue weighted by atomic mass is 16.5. The maximum atomic E-state index is 13.2. The Hall–Kier alpha value is -4.17. The van der Waals surface area contributed by atoms with E-state index in [0.717, 1.165) is 45.5 Å². The molecule has 2 heterocycles. The summed E-state index contributed by atoms with van der Waals surface area (Å²) in [5.74, 6) is 0.385. The molecule has 5 heteroatoms. The number of carbonyl (C=O) groups is 1. The van der Waals surface area contributed by atoms with Crippen molar-refractivity contribution in [1.29, 1.82) is 5.26 Å². The third kappa shape index (κ3) is 3.60. The van der Waals surface area contributed by atoms with Gasteiger partial charge in [-0.05, 0) is 65.9 Å². The topological polar surface area (TPSA) is 76.1 Å².